The molecule has 254 valence electrons. The van der Waals surface area contributed by atoms with Crippen LogP contribution in [-0.2, 0) is 31.0 Å². The van der Waals surface area contributed by atoms with Gasteiger partial charge in [0, 0.05) is 31.6 Å². The zero-order valence-corrected chi connectivity index (χ0v) is 28.2. The molecule has 4 rings (SSSR count). The van der Waals surface area contributed by atoms with Crippen molar-refractivity contribution in [2.75, 3.05) is 19.6 Å². The number of rotatable bonds is 14. The molecule has 1 saturated heterocycles. The number of carbonyl (C=O) groups is 4. The van der Waals surface area contributed by atoms with Gasteiger partial charge in [0.25, 0.3) is 0 Å². The molecule has 2 aliphatic heterocycles. The number of likely N-dealkylation sites (tertiary alicyclic amines) is 1. The van der Waals surface area contributed by atoms with Crippen LogP contribution in [0.25, 0.3) is 0 Å². The third-order valence-electron chi connectivity index (χ3n) is 9.29. The summed E-state index contributed by atoms with van der Waals surface area (Å²) in [7, 11) is -3.69. The van der Waals surface area contributed by atoms with Gasteiger partial charge >= 0.3 is 12.0 Å². The van der Waals surface area contributed by atoms with E-state index in [0.29, 0.717) is 31.4 Å². The van der Waals surface area contributed by atoms with Gasteiger partial charge in [0.1, 0.15) is 11.6 Å². The van der Waals surface area contributed by atoms with E-state index in [2.05, 4.69) is 22.9 Å². The number of hydrogen-bond acceptors (Lipinski definition) is 6. The molecule has 4 atom stereocenters. The maximum Gasteiger partial charge on any atom is 0.330 e. The predicted molar refractivity (Wildman–Crippen MR) is 173 cm³/mol. The number of nitrogens with one attached hydrogen (secondary N) is 3. The predicted octanol–water partition coefficient (Wildman–Crippen LogP) is 3.38. The number of unbranched alkanes of at least 4 members (excludes halogenated alkanes) is 4. The van der Waals surface area contributed by atoms with E-state index in [1.54, 1.807) is 24.3 Å². The number of amides is 4. The Morgan fingerprint density at radius 3 is 2.54 bits per heavy atom. The van der Waals surface area contributed by atoms with E-state index in [0.717, 1.165) is 25.7 Å². The first-order valence-corrected chi connectivity index (χ1v) is 17.8. The molecule has 0 radical (unpaired) electrons. The van der Waals surface area contributed by atoms with Gasteiger partial charge in [-0.05, 0) is 49.1 Å². The minimum Gasteiger partial charge on any atom is -0.479 e. The Kier molecular flexibility index (Phi) is 11.2. The molecule has 12 nitrogen and oxygen atoms in total. The lowest BCUT2D eigenvalue weighted by Crippen LogP contribution is -2.56. The molecule has 1 aromatic carbocycles. The normalized spacial score (nSPS) is 24.4. The third kappa shape index (κ3) is 8.09. The van der Waals surface area contributed by atoms with E-state index in [9.17, 15) is 32.7 Å². The number of urea groups is 1. The number of aliphatic carboxylic acids is 1. The first-order valence-electron chi connectivity index (χ1n) is 16.3. The minimum absolute atomic E-state index is 0.0522. The fourth-order valence-corrected chi connectivity index (χ4v) is 7.87. The quantitative estimate of drug-likeness (QED) is 0.176. The molecule has 1 saturated carbocycles. The summed E-state index contributed by atoms with van der Waals surface area (Å²) in [5.41, 5.74) is -1.16. The van der Waals surface area contributed by atoms with Crippen molar-refractivity contribution in [1.82, 2.24) is 25.2 Å². The highest BCUT2D eigenvalue weighted by atomic mass is 32.2. The Bertz CT molecular complexity index is 1440. The van der Waals surface area contributed by atoms with Gasteiger partial charge in [-0.15, -0.1) is 0 Å². The first kappa shape index (κ1) is 35.4. The summed E-state index contributed by atoms with van der Waals surface area (Å²) in [6, 6.07) is 4.80. The average molecular weight is 660 g/mol. The van der Waals surface area contributed by atoms with Crippen molar-refractivity contribution in [3.05, 3.63) is 42.0 Å². The molecule has 2 fully saturated rings. The lowest BCUT2D eigenvalue weighted by atomic mass is 9.86. The molecule has 1 aliphatic carbocycles. The number of nitrogens with zero attached hydrogens (tertiary/aromatic N) is 2. The van der Waals surface area contributed by atoms with E-state index in [-0.39, 0.29) is 30.4 Å². The van der Waals surface area contributed by atoms with Crippen LogP contribution in [0.5, 0.6) is 0 Å². The van der Waals surface area contributed by atoms with Crippen LogP contribution < -0.4 is 16.0 Å². The van der Waals surface area contributed by atoms with E-state index < -0.39 is 56.9 Å². The summed E-state index contributed by atoms with van der Waals surface area (Å²) in [5, 5.41) is 18.1. The van der Waals surface area contributed by atoms with Gasteiger partial charge in [0.2, 0.25) is 21.8 Å². The summed E-state index contributed by atoms with van der Waals surface area (Å²) >= 11 is 0. The number of benzene rings is 1. The molecular weight excluding hydrogens is 610 g/mol. The van der Waals surface area contributed by atoms with Gasteiger partial charge < -0.3 is 26.0 Å². The monoisotopic (exact) mass is 659 g/mol. The Hall–Kier alpha value is -3.45. The van der Waals surface area contributed by atoms with Crippen LogP contribution in [-0.4, -0.2) is 83.8 Å². The highest BCUT2D eigenvalue weighted by molar-refractivity contribution is 7.89. The second-order valence-corrected chi connectivity index (χ2v) is 15.7. The van der Waals surface area contributed by atoms with Crippen LogP contribution in [0.2, 0.25) is 0 Å². The summed E-state index contributed by atoms with van der Waals surface area (Å²) in [6.45, 7) is 8.04. The minimum atomic E-state index is -3.69. The number of hydrogen-bond donors (Lipinski definition) is 4. The van der Waals surface area contributed by atoms with Crippen LogP contribution >= 0.6 is 0 Å². The number of allylic oxidation sites excluding steroid dienone is 1. The van der Waals surface area contributed by atoms with E-state index in [4.69, 9.17) is 0 Å². The van der Waals surface area contributed by atoms with Crippen molar-refractivity contribution in [1.29, 1.82) is 0 Å². The smallest absolute Gasteiger partial charge is 0.330 e. The Morgan fingerprint density at radius 2 is 1.87 bits per heavy atom. The number of carboxylic acids is 1. The van der Waals surface area contributed by atoms with Gasteiger partial charge in [-0.25, -0.2) is 18.0 Å². The molecule has 0 aromatic heterocycles. The van der Waals surface area contributed by atoms with E-state index in [1.807, 2.05) is 32.9 Å². The van der Waals surface area contributed by atoms with Gasteiger partial charge in [-0.3, -0.25) is 9.59 Å². The van der Waals surface area contributed by atoms with Crippen molar-refractivity contribution >= 4 is 33.8 Å². The zero-order chi connectivity index (χ0) is 33.7. The Labute approximate surface area is 272 Å². The van der Waals surface area contributed by atoms with Gasteiger partial charge in [0.15, 0.2) is 0 Å². The first-order chi connectivity index (χ1) is 21.7. The van der Waals surface area contributed by atoms with Gasteiger partial charge in [-0.1, -0.05) is 77.3 Å². The van der Waals surface area contributed by atoms with Gasteiger partial charge in [-0.2, -0.15) is 4.31 Å². The molecule has 4 amide bonds. The summed E-state index contributed by atoms with van der Waals surface area (Å²) < 4.78 is 27.5. The third-order valence-corrected chi connectivity index (χ3v) is 11.2. The number of sulfonamides is 1. The van der Waals surface area contributed by atoms with Crippen LogP contribution in [0.1, 0.15) is 84.6 Å². The molecule has 4 N–H and O–H groups in total. The number of fused-ring (bicyclic) bond motifs is 1. The topological polar surface area (TPSA) is 165 Å². The molecule has 2 unspecified atom stereocenters. The largest absolute Gasteiger partial charge is 0.479 e. The maximum absolute atomic E-state index is 13.3. The summed E-state index contributed by atoms with van der Waals surface area (Å²) in [4.78, 5) is 53.2. The van der Waals surface area contributed by atoms with Crippen LogP contribution in [0.4, 0.5) is 4.79 Å². The highest BCUT2D eigenvalue weighted by Crippen LogP contribution is 2.45. The van der Waals surface area contributed by atoms with Crippen LogP contribution in [0, 0.1) is 11.3 Å². The molecule has 2 heterocycles. The zero-order valence-electron chi connectivity index (χ0n) is 27.4. The number of carboxylic acid groups (broad SMARTS) is 1. The standard InChI is InChI=1S/C33H49N5O7S/c1-5-6-7-8-9-10-15-24-19-33(24,30(41)42)36-29(40)25-16-13-18-38(25)28(39)20-34-31(43)35-27(32(2,3)4)22-37-21-23-14-11-12-17-26(23)46(37,44)45/h10-12,14-15,17,24-25,27H,5-9,13,16,18-22H2,1-4H3,(H,36,40)(H,41,42)(H2,34,35,43)/b15-10-/t24?,25-,27?,33+/m0/s1. The Balaban J connectivity index is 1.29. The molecule has 0 spiro atoms. The van der Waals surface area contributed by atoms with Gasteiger partial charge in [0.05, 0.1) is 11.4 Å². The average Bonchev–Trinajstić information content (AvgIpc) is 3.34. The fraction of sp³-hybridized carbons (Fsp3) is 0.636. The molecule has 46 heavy (non-hydrogen) atoms. The second kappa shape index (κ2) is 14.5. The lowest BCUT2D eigenvalue weighted by Gasteiger charge is -2.34. The molecular formula is C33H49N5O7S. The van der Waals surface area contributed by atoms with Crippen molar-refractivity contribution in [2.45, 2.75) is 108 Å². The molecule has 13 heteroatoms. The van der Waals surface area contributed by atoms with Crippen LogP contribution in [0.3, 0.4) is 0 Å². The van der Waals surface area contributed by atoms with Crippen LogP contribution in [0.15, 0.2) is 41.3 Å². The van der Waals surface area contributed by atoms with E-state index in [1.165, 1.54) is 15.6 Å². The molecule has 1 aromatic rings. The fourth-order valence-electron chi connectivity index (χ4n) is 6.22. The summed E-state index contributed by atoms with van der Waals surface area (Å²) in [6.07, 6.45) is 10.5. The van der Waals surface area contributed by atoms with Crippen molar-refractivity contribution in [3.63, 3.8) is 0 Å². The SMILES string of the molecule is CCCCCC/C=C\C1C[C@]1(NC(=O)[C@@H]1CCCN1C(=O)CNC(=O)NC(CN1Cc2ccccc2S1(=O)=O)C(C)(C)C)C(=O)O. The van der Waals surface area contributed by atoms with Crippen molar-refractivity contribution in [2.24, 2.45) is 11.3 Å². The molecule has 0 bridgehead atoms. The Morgan fingerprint density at radius 1 is 1.13 bits per heavy atom. The number of carbonyl (C=O) groups excluding carboxylic acids is 3. The molecule has 3 aliphatic rings. The van der Waals surface area contributed by atoms with Crippen molar-refractivity contribution in [3.8, 4) is 0 Å². The highest BCUT2D eigenvalue weighted by Gasteiger charge is 2.61. The summed E-state index contributed by atoms with van der Waals surface area (Å²) in [5.74, 6) is -2.34. The van der Waals surface area contributed by atoms with E-state index >= 15 is 0 Å². The lowest BCUT2D eigenvalue weighted by molar-refractivity contribution is -0.145. The maximum atomic E-state index is 13.3. The van der Waals surface area contributed by atoms with Crippen molar-refractivity contribution < 1.29 is 32.7 Å². The second-order valence-electron chi connectivity index (χ2n) is 13.7.